The SMILES string of the molecule is COCCC(C)Nc1snc(N)c1-c1nc(C)cs1. The Kier molecular flexibility index (Phi) is 4.73. The third-order valence-electron chi connectivity index (χ3n) is 2.68. The zero-order chi connectivity index (χ0) is 13.8. The van der Waals surface area contributed by atoms with Gasteiger partial charge in [0.25, 0.3) is 0 Å². The number of methoxy groups -OCH3 is 1. The van der Waals surface area contributed by atoms with Gasteiger partial charge in [0.1, 0.15) is 15.8 Å². The number of nitrogens with zero attached hydrogens (tertiary/aromatic N) is 2. The second-order valence-electron chi connectivity index (χ2n) is 4.39. The third-order valence-corrected chi connectivity index (χ3v) is 4.45. The Bertz CT molecular complexity index is 538. The quantitative estimate of drug-likeness (QED) is 0.857. The number of ether oxygens (including phenoxy) is 1. The first-order valence-electron chi connectivity index (χ1n) is 6.05. The van der Waals surface area contributed by atoms with E-state index in [9.17, 15) is 0 Å². The Morgan fingerprint density at radius 3 is 2.95 bits per heavy atom. The Hall–Kier alpha value is -1.18. The summed E-state index contributed by atoms with van der Waals surface area (Å²) >= 11 is 2.97. The van der Waals surface area contributed by atoms with Gasteiger partial charge in [-0.3, -0.25) is 0 Å². The van der Waals surface area contributed by atoms with Gasteiger partial charge < -0.3 is 15.8 Å². The number of nitrogens with two attached hydrogens (primary N) is 1. The Labute approximate surface area is 121 Å². The molecule has 0 bridgehead atoms. The largest absolute Gasteiger partial charge is 0.385 e. The topological polar surface area (TPSA) is 73.1 Å². The molecule has 2 rings (SSSR count). The van der Waals surface area contributed by atoms with Crippen LogP contribution in [0.1, 0.15) is 19.0 Å². The first kappa shape index (κ1) is 14.2. The first-order valence-corrected chi connectivity index (χ1v) is 7.70. The molecule has 0 saturated carbocycles. The maximum absolute atomic E-state index is 5.96. The van der Waals surface area contributed by atoms with E-state index in [1.807, 2.05) is 12.3 Å². The molecule has 0 aromatic carbocycles. The van der Waals surface area contributed by atoms with Crippen molar-refractivity contribution in [3.8, 4) is 10.6 Å². The van der Waals surface area contributed by atoms with Crippen molar-refractivity contribution in [2.24, 2.45) is 0 Å². The summed E-state index contributed by atoms with van der Waals surface area (Å²) < 4.78 is 9.31. The van der Waals surface area contributed by atoms with E-state index in [-0.39, 0.29) is 0 Å². The average molecular weight is 298 g/mol. The number of aromatic nitrogens is 2. The summed E-state index contributed by atoms with van der Waals surface area (Å²) in [7, 11) is 1.71. The summed E-state index contributed by atoms with van der Waals surface area (Å²) in [5.74, 6) is 0.542. The summed E-state index contributed by atoms with van der Waals surface area (Å²) in [4.78, 5) is 4.48. The zero-order valence-corrected chi connectivity index (χ0v) is 12.9. The predicted molar refractivity (Wildman–Crippen MR) is 81.9 cm³/mol. The van der Waals surface area contributed by atoms with Gasteiger partial charge in [0, 0.05) is 30.8 Å². The molecular formula is C12H18N4OS2. The average Bonchev–Trinajstić information content (AvgIpc) is 2.93. The number of anilines is 2. The van der Waals surface area contributed by atoms with Gasteiger partial charge in [-0.1, -0.05) is 0 Å². The number of hydrogen-bond donors (Lipinski definition) is 2. The fourth-order valence-electron chi connectivity index (χ4n) is 1.67. The smallest absolute Gasteiger partial charge is 0.149 e. The van der Waals surface area contributed by atoms with Crippen molar-refractivity contribution in [3.63, 3.8) is 0 Å². The highest BCUT2D eigenvalue weighted by Crippen LogP contribution is 2.38. The van der Waals surface area contributed by atoms with Crippen LogP contribution >= 0.6 is 22.9 Å². The van der Waals surface area contributed by atoms with E-state index < -0.39 is 0 Å². The monoisotopic (exact) mass is 298 g/mol. The van der Waals surface area contributed by atoms with Crippen LogP contribution in [0, 0.1) is 6.92 Å². The fraction of sp³-hybridized carbons (Fsp3) is 0.500. The molecule has 2 aromatic rings. The van der Waals surface area contributed by atoms with E-state index >= 15 is 0 Å². The summed E-state index contributed by atoms with van der Waals surface area (Å²) in [5, 5.41) is 7.36. The van der Waals surface area contributed by atoms with Crippen LogP contribution in [-0.4, -0.2) is 29.1 Å². The molecule has 1 atom stereocenters. The van der Waals surface area contributed by atoms with Crippen molar-refractivity contribution >= 4 is 33.7 Å². The minimum Gasteiger partial charge on any atom is -0.385 e. The molecule has 0 radical (unpaired) electrons. The molecule has 2 heterocycles. The van der Waals surface area contributed by atoms with Crippen LogP contribution in [0.5, 0.6) is 0 Å². The number of hydrogen-bond acceptors (Lipinski definition) is 7. The summed E-state index contributed by atoms with van der Waals surface area (Å²) in [5.41, 5.74) is 7.89. The molecule has 2 aromatic heterocycles. The Morgan fingerprint density at radius 1 is 1.53 bits per heavy atom. The van der Waals surface area contributed by atoms with E-state index in [4.69, 9.17) is 10.5 Å². The number of rotatable bonds is 6. The van der Waals surface area contributed by atoms with E-state index in [1.165, 1.54) is 11.5 Å². The molecule has 0 fully saturated rings. The second-order valence-corrected chi connectivity index (χ2v) is 6.02. The van der Waals surface area contributed by atoms with Crippen LogP contribution in [0.15, 0.2) is 5.38 Å². The number of aryl methyl sites for hydroxylation is 1. The molecule has 0 amide bonds. The maximum Gasteiger partial charge on any atom is 0.149 e. The van der Waals surface area contributed by atoms with Crippen LogP contribution < -0.4 is 11.1 Å². The fourth-order valence-corrected chi connectivity index (χ4v) is 3.42. The van der Waals surface area contributed by atoms with Gasteiger partial charge in [-0.2, -0.15) is 4.37 Å². The molecule has 104 valence electrons. The second kappa shape index (κ2) is 6.31. The van der Waals surface area contributed by atoms with Crippen molar-refractivity contribution < 1.29 is 4.74 Å². The van der Waals surface area contributed by atoms with Crippen LogP contribution in [0.25, 0.3) is 10.6 Å². The molecule has 0 spiro atoms. The number of nitrogen functional groups attached to an aromatic ring is 1. The van der Waals surface area contributed by atoms with Crippen LogP contribution in [0.4, 0.5) is 10.8 Å². The van der Waals surface area contributed by atoms with Crippen LogP contribution in [0.3, 0.4) is 0 Å². The summed E-state index contributed by atoms with van der Waals surface area (Å²) in [6.45, 7) is 4.82. The Balaban J connectivity index is 2.18. The van der Waals surface area contributed by atoms with Gasteiger partial charge in [0.05, 0.1) is 5.56 Å². The number of nitrogens with one attached hydrogen (secondary N) is 1. The molecule has 19 heavy (non-hydrogen) atoms. The predicted octanol–water partition coefficient (Wildman–Crippen LogP) is 2.99. The van der Waals surface area contributed by atoms with E-state index in [1.54, 1.807) is 18.4 Å². The standard InChI is InChI=1S/C12H18N4OS2/c1-7(4-5-17-3)14-12-9(10(13)16-19-12)11-15-8(2)6-18-11/h6-7,14H,4-5H2,1-3H3,(H2,13,16). The highest BCUT2D eigenvalue weighted by molar-refractivity contribution is 7.15. The summed E-state index contributed by atoms with van der Waals surface area (Å²) in [6, 6.07) is 0.305. The van der Waals surface area contributed by atoms with Gasteiger partial charge in [0.15, 0.2) is 0 Å². The minimum absolute atomic E-state index is 0.305. The molecule has 0 aliphatic carbocycles. The van der Waals surface area contributed by atoms with Crippen molar-refractivity contribution in [1.29, 1.82) is 0 Å². The summed E-state index contributed by atoms with van der Waals surface area (Å²) in [6.07, 6.45) is 0.935. The van der Waals surface area contributed by atoms with E-state index in [2.05, 4.69) is 21.6 Å². The lowest BCUT2D eigenvalue weighted by atomic mass is 10.2. The van der Waals surface area contributed by atoms with Gasteiger partial charge in [-0.15, -0.1) is 11.3 Å². The van der Waals surface area contributed by atoms with Crippen molar-refractivity contribution in [1.82, 2.24) is 9.36 Å². The highest BCUT2D eigenvalue weighted by Gasteiger charge is 2.17. The molecule has 3 N–H and O–H groups in total. The van der Waals surface area contributed by atoms with Crippen molar-refractivity contribution in [3.05, 3.63) is 11.1 Å². The van der Waals surface area contributed by atoms with Gasteiger partial charge in [-0.25, -0.2) is 4.98 Å². The molecule has 5 nitrogen and oxygen atoms in total. The van der Waals surface area contributed by atoms with E-state index in [0.29, 0.717) is 11.9 Å². The maximum atomic E-state index is 5.96. The molecular weight excluding hydrogens is 280 g/mol. The Morgan fingerprint density at radius 2 is 2.32 bits per heavy atom. The minimum atomic E-state index is 0.305. The highest BCUT2D eigenvalue weighted by atomic mass is 32.1. The van der Waals surface area contributed by atoms with E-state index in [0.717, 1.165) is 34.3 Å². The first-order chi connectivity index (χ1) is 9.11. The van der Waals surface area contributed by atoms with Crippen LogP contribution in [0.2, 0.25) is 0 Å². The zero-order valence-electron chi connectivity index (χ0n) is 11.3. The van der Waals surface area contributed by atoms with Crippen LogP contribution in [-0.2, 0) is 4.74 Å². The lowest BCUT2D eigenvalue weighted by Crippen LogP contribution is -2.16. The molecule has 1 unspecified atom stereocenters. The lowest BCUT2D eigenvalue weighted by Gasteiger charge is -2.13. The van der Waals surface area contributed by atoms with Crippen molar-refractivity contribution in [2.45, 2.75) is 26.3 Å². The van der Waals surface area contributed by atoms with Gasteiger partial charge in [-0.05, 0) is 31.8 Å². The molecule has 0 aliphatic heterocycles. The third kappa shape index (κ3) is 3.43. The molecule has 0 saturated heterocycles. The van der Waals surface area contributed by atoms with Gasteiger partial charge in [0.2, 0.25) is 0 Å². The molecule has 7 heteroatoms. The number of thiazole rings is 1. The lowest BCUT2D eigenvalue weighted by molar-refractivity contribution is 0.191. The molecule has 0 aliphatic rings. The van der Waals surface area contributed by atoms with Gasteiger partial charge >= 0.3 is 0 Å². The van der Waals surface area contributed by atoms with Crippen molar-refractivity contribution in [2.75, 3.05) is 24.8 Å². The normalized spacial score (nSPS) is 12.6.